The Morgan fingerprint density at radius 1 is 1.46 bits per heavy atom. The number of ether oxygens (including phenoxy) is 1. The van der Waals surface area contributed by atoms with E-state index >= 15 is 0 Å². The summed E-state index contributed by atoms with van der Waals surface area (Å²) in [7, 11) is 1.68. The van der Waals surface area contributed by atoms with Gasteiger partial charge in [-0.05, 0) is 33.1 Å². The molecule has 2 N–H and O–H groups in total. The fraction of sp³-hybridized carbons (Fsp3) is 0.812. The number of methoxy groups -OCH3 is 1. The van der Waals surface area contributed by atoms with Crippen molar-refractivity contribution in [3.8, 4) is 0 Å². The molecule has 0 aromatic carbocycles. The molecule has 1 atom stereocenters. The smallest absolute Gasteiger partial charge is 0.345 e. The predicted molar refractivity (Wildman–Crippen MR) is 94.5 cm³/mol. The van der Waals surface area contributed by atoms with Gasteiger partial charge in [-0.2, -0.15) is 5.10 Å². The quantitative estimate of drug-likeness (QED) is 0.406. The van der Waals surface area contributed by atoms with Crippen LogP contribution in [0.25, 0.3) is 0 Å². The van der Waals surface area contributed by atoms with Crippen LogP contribution in [-0.2, 0) is 24.2 Å². The number of aryl methyl sites for hydroxylation is 2. The van der Waals surface area contributed by atoms with Gasteiger partial charge in [-0.15, -0.1) is 0 Å². The highest BCUT2D eigenvalue weighted by atomic mass is 16.5. The van der Waals surface area contributed by atoms with Crippen molar-refractivity contribution in [3.63, 3.8) is 0 Å². The van der Waals surface area contributed by atoms with E-state index in [-0.39, 0.29) is 11.7 Å². The monoisotopic (exact) mass is 338 g/mol. The third kappa shape index (κ3) is 5.09. The Balaban J connectivity index is 1.85. The van der Waals surface area contributed by atoms with Crippen LogP contribution in [0.4, 0.5) is 0 Å². The lowest BCUT2D eigenvalue weighted by atomic mass is 10.2. The van der Waals surface area contributed by atoms with E-state index in [2.05, 4.69) is 20.7 Å². The second-order valence-corrected chi connectivity index (χ2v) is 6.15. The van der Waals surface area contributed by atoms with Crippen LogP contribution in [0.1, 0.15) is 38.9 Å². The maximum atomic E-state index is 12.3. The van der Waals surface area contributed by atoms with Crippen LogP contribution in [0.2, 0.25) is 0 Å². The summed E-state index contributed by atoms with van der Waals surface area (Å²) in [5.41, 5.74) is 0.0208. The molecule has 1 aromatic heterocycles. The van der Waals surface area contributed by atoms with Gasteiger partial charge in [0.2, 0.25) is 0 Å². The first kappa shape index (κ1) is 18.5. The molecule has 0 radical (unpaired) electrons. The van der Waals surface area contributed by atoms with Gasteiger partial charge in [-0.3, -0.25) is 9.56 Å². The van der Waals surface area contributed by atoms with Crippen LogP contribution in [0, 0.1) is 0 Å². The van der Waals surface area contributed by atoms with Crippen molar-refractivity contribution in [2.75, 3.05) is 26.8 Å². The van der Waals surface area contributed by atoms with E-state index in [4.69, 9.17) is 4.74 Å². The molecule has 0 saturated heterocycles. The molecule has 1 unspecified atom stereocenters. The van der Waals surface area contributed by atoms with Crippen molar-refractivity contribution >= 4 is 5.96 Å². The molecule has 24 heavy (non-hydrogen) atoms. The summed E-state index contributed by atoms with van der Waals surface area (Å²) in [6.45, 7) is 7.56. The molecule has 0 aliphatic carbocycles. The van der Waals surface area contributed by atoms with E-state index < -0.39 is 0 Å². The molecular weight excluding hydrogens is 308 g/mol. The normalized spacial score (nSPS) is 15.9. The molecule has 0 amide bonds. The molecule has 0 fully saturated rings. The number of aliphatic imine (C=N–C) groups is 1. The maximum Gasteiger partial charge on any atom is 0.345 e. The summed E-state index contributed by atoms with van der Waals surface area (Å²) in [6.07, 6.45) is 3.89. The van der Waals surface area contributed by atoms with E-state index in [1.807, 2.05) is 18.4 Å². The third-order valence-corrected chi connectivity index (χ3v) is 3.97. The van der Waals surface area contributed by atoms with Gasteiger partial charge in [0.1, 0.15) is 5.82 Å². The molecule has 0 saturated carbocycles. The lowest BCUT2D eigenvalue weighted by Crippen LogP contribution is -2.44. The highest BCUT2D eigenvalue weighted by Gasteiger charge is 2.16. The topological polar surface area (TPSA) is 85.5 Å². The lowest BCUT2D eigenvalue weighted by molar-refractivity contribution is 0.179. The largest absolute Gasteiger partial charge is 0.383 e. The average Bonchev–Trinajstić information content (AvgIpc) is 2.88. The second-order valence-electron chi connectivity index (χ2n) is 6.15. The van der Waals surface area contributed by atoms with E-state index in [0.29, 0.717) is 19.7 Å². The van der Waals surface area contributed by atoms with Gasteiger partial charge in [-0.1, -0.05) is 0 Å². The molecule has 2 heterocycles. The Labute approximate surface area is 143 Å². The van der Waals surface area contributed by atoms with E-state index in [0.717, 1.165) is 50.6 Å². The summed E-state index contributed by atoms with van der Waals surface area (Å²) in [5.74, 6) is 1.71. The summed E-state index contributed by atoms with van der Waals surface area (Å²) < 4.78 is 8.52. The molecule has 8 nitrogen and oxygen atoms in total. The van der Waals surface area contributed by atoms with E-state index in [1.165, 1.54) is 0 Å². The van der Waals surface area contributed by atoms with Gasteiger partial charge in [0, 0.05) is 45.8 Å². The van der Waals surface area contributed by atoms with Crippen LogP contribution in [0.5, 0.6) is 0 Å². The third-order valence-electron chi connectivity index (χ3n) is 3.97. The van der Waals surface area contributed by atoms with Crippen molar-refractivity contribution in [2.24, 2.45) is 4.99 Å². The molecule has 1 aliphatic rings. The van der Waals surface area contributed by atoms with E-state index in [9.17, 15) is 4.79 Å². The minimum absolute atomic E-state index is 0.0208. The first-order valence-electron chi connectivity index (χ1n) is 8.86. The van der Waals surface area contributed by atoms with Crippen LogP contribution in [0.3, 0.4) is 0 Å². The summed E-state index contributed by atoms with van der Waals surface area (Å²) in [4.78, 5) is 16.8. The van der Waals surface area contributed by atoms with Gasteiger partial charge in [-0.25, -0.2) is 9.48 Å². The SMILES string of the molecule is CCNC(=NCCCn1nc2n(c1=O)CCCC2)NC(C)COC. The van der Waals surface area contributed by atoms with Crippen molar-refractivity contribution in [1.82, 2.24) is 25.0 Å². The Kier molecular flexibility index (Phi) is 7.30. The molecule has 2 rings (SSSR count). The Hall–Kier alpha value is -1.83. The van der Waals surface area contributed by atoms with Crippen molar-refractivity contribution < 1.29 is 4.74 Å². The zero-order chi connectivity index (χ0) is 17.4. The van der Waals surface area contributed by atoms with Crippen molar-refractivity contribution in [1.29, 1.82) is 0 Å². The van der Waals surface area contributed by atoms with E-state index in [1.54, 1.807) is 11.8 Å². The lowest BCUT2D eigenvalue weighted by Gasteiger charge is -2.16. The number of nitrogens with one attached hydrogen (secondary N) is 2. The highest BCUT2D eigenvalue weighted by Crippen LogP contribution is 2.09. The number of hydrogen-bond acceptors (Lipinski definition) is 4. The maximum absolute atomic E-state index is 12.3. The first-order valence-corrected chi connectivity index (χ1v) is 8.86. The van der Waals surface area contributed by atoms with Crippen molar-refractivity contribution in [3.05, 3.63) is 16.3 Å². The molecular formula is C16H30N6O2. The molecule has 8 heteroatoms. The molecule has 0 spiro atoms. The van der Waals surface area contributed by atoms with Crippen LogP contribution < -0.4 is 16.3 Å². The molecule has 136 valence electrons. The summed E-state index contributed by atoms with van der Waals surface area (Å²) in [5, 5.41) is 11.0. The fourth-order valence-corrected chi connectivity index (χ4v) is 2.85. The Morgan fingerprint density at radius 2 is 2.29 bits per heavy atom. The Morgan fingerprint density at radius 3 is 3.00 bits per heavy atom. The number of fused-ring (bicyclic) bond motifs is 1. The van der Waals surface area contributed by atoms with Crippen LogP contribution in [-0.4, -0.2) is 53.2 Å². The predicted octanol–water partition coefficient (Wildman–Crippen LogP) is 0.361. The average molecular weight is 338 g/mol. The number of guanidine groups is 1. The molecule has 1 aliphatic heterocycles. The zero-order valence-electron chi connectivity index (χ0n) is 15.0. The van der Waals surface area contributed by atoms with Gasteiger partial charge >= 0.3 is 5.69 Å². The van der Waals surface area contributed by atoms with Crippen LogP contribution in [0.15, 0.2) is 9.79 Å². The fourth-order valence-electron chi connectivity index (χ4n) is 2.85. The van der Waals surface area contributed by atoms with Gasteiger partial charge < -0.3 is 15.4 Å². The minimum atomic E-state index is 0.0208. The number of aromatic nitrogens is 3. The first-order chi connectivity index (χ1) is 11.7. The molecule has 0 bridgehead atoms. The highest BCUT2D eigenvalue weighted by molar-refractivity contribution is 5.80. The second kappa shape index (κ2) is 9.46. The van der Waals surface area contributed by atoms with Gasteiger partial charge in [0.25, 0.3) is 0 Å². The summed E-state index contributed by atoms with van der Waals surface area (Å²) in [6, 6.07) is 0.190. The standard InChI is InChI=1S/C16H30N6O2/c1-4-17-15(19-13(2)12-24-3)18-9-7-11-22-16(23)21-10-6-5-8-14(21)20-22/h13H,4-12H2,1-3H3,(H2,17,18,19). The molecule has 1 aromatic rings. The number of hydrogen-bond donors (Lipinski definition) is 2. The number of nitrogens with zero attached hydrogens (tertiary/aromatic N) is 4. The number of rotatable bonds is 8. The van der Waals surface area contributed by atoms with Crippen LogP contribution >= 0.6 is 0 Å². The summed E-state index contributed by atoms with van der Waals surface area (Å²) >= 11 is 0. The minimum Gasteiger partial charge on any atom is -0.383 e. The van der Waals surface area contributed by atoms with Crippen molar-refractivity contribution in [2.45, 2.75) is 58.7 Å². The zero-order valence-corrected chi connectivity index (χ0v) is 15.0. The van der Waals surface area contributed by atoms with Gasteiger partial charge in [0.15, 0.2) is 5.96 Å². The Bertz CT molecular complexity index is 592. The van der Waals surface area contributed by atoms with Gasteiger partial charge in [0.05, 0.1) is 6.61 Å².